The van der Waals surface area contributed by atoms with E-state index in [-0.39, 0.29) is 5.91 Å². The summed E-state index contributed by atoms with van der Waals surface area (Å²) in [5.74, 6) is 0.798. The number of ether oxygens (including phenoxy) is 1. The number of hydrogen-bond donors (Lipinski definition) is 1. The molecule has 2 N–H and O–H groups in total. The Kier molecular flexibility index (Phi) is 4.05. The summed E-state index contributed by atoms with van der Waals surface area (Å²) < 4.78 is 5.17. The third kappa shape index (κ3) is 2.80. The van der Waals surface area contributed by atoms with Crippen LogP contribution in [0.3, 0.4) is 0 Å². The van der Waals surface area contributed by atoms with Crippen LogP contribution in [0.5, 0.6) is 0 Å². The number of carbonyl (C=O) groups excluding carboxylic acids is 1. The number of likely N-dealkylation sites (tertiary alicyclic amines) is 1. The molecule has 0 spiro atoms. The second kappa shape index (κ2) is 5.36. The van der Waals surface area contributed by atoms with Crippen molar-refractivity contribution in [2.45, 2.75) is 44.1 Å². The van der Waals surface area contributed by atoms with Gasteiger partial charge < -0.3 is 15.4 Å². The van der Waals surface area contributed by atoms with Crippen LogP contribution in [-0.2, 0) is 9.53 Å². The quantitative estimate of drug-likeness (QED) is 0.805. The predicted octanol–water partition coefficient (Wildman–Crippen LogP) is 1.14. The van der Waals surface area contributed by atoms with Crippen molar-refractivity contribution in [3.8, 4) is 0 Å². The van der Waals surface area contributed by atoms with Crippen molar-refractivity contribution >= 4 is 5.91 Å². The number of methoxy groups -OCH3 is 1. The number of hydrogen-bond acceptors (Lipinski definition) is 3. The zero-order valence-corrected chi connectivity index (χ0v) is 10.8. The van der Waals surface area contributed by atoms with Gasteiger partial charge in [-0.05, 0) is 31.6 Å². The summed E-state index contributed by atoms with van der Waals surface area (Å²) in [5, 5.41) is 0. The van der Waals surface area contributed by atoms with Gasteiger partial charge in [-0.25, -0.2) is 0 Å². The number of nitrogens with zero attached hydrogens (tertiary/aromatic N) is 1. The van der Waals surface area contributed by atoms with Crippen LogP contribution in [0.4, 0.5) is 0 Å². The van der Waals surface area contributed by atoms with Crippen LogP contribution in [0.1, 0.15) is 38.5 Å². The highest BCUT2D eigenvalue weighted by Gasteiger charge is 2.40. The number of carbonyl (C=O) groups is 1. The van der Waals surface area contributed by atoms with E-state index in [0.29, 0.717) is 5.92 Å². The highest BCUT2D eigenvalue weighted by atomic mass is 16.5. The maximum absolute atomic E-state index is 12.4. The van der Waals surface area contributed by atoms with Gasteiger partial charge in [-0.1, -0.05) is 12.8 Å². The average molecular weight is 240 g/mol. The molecule has 0 unspecified atom stereocenters. The van der Waals surface area contributed by atoms with Crippen molar-refractivity contribution in [1.29, 1.82) is 0 Å². The summed E-state index contributed by atoms with van der Waals surface area (Å²) in [6, 6.07) is 0. The second-order valence-electron chi connectivity index (χ2n) is 5.55. The van der Waals surface area contributed by atoms with E-state index >= 15 is 0 Å². The van der Waals surface area contributed by atoms with E-state index in [4.69, 9.17) is 10.5 Å². The van der Waals surface area contributed by atoms with Crippen molar-refractivity contribution in [1.82, 2.24) is 4.90 Å². The molecule has 17 heavy (non-hydrogen) atoms. The van der Waals surface area contributed by atoms with Crippen LogP contribution >= 0.6 is 0 Å². The summed E-state index contributed by atoms with van der Waals surface area (Å²) in [7, 11) is 1.74. The molecule has 0 radical (unpaired) electrons. The SMILES string of the molecule is COCC1CCN(C(=O)C2(N)CCCC2)CC1. The summed E-state index contributed by atoms with van der Waals surface area (Å²) >= 11 is 0. The first-order chi connectivity index (χ1) is 8.15. The molecular weight excluding hydrogens is 216 g/mol. The molecule has 0 aromatic carbocycles. The molecule has 0 aromatic rings. The van der Waals surface area contributed by atoms with Crippen molar-refractivity contribution in [3.05, 3.63) is 0 Å². The molecule has 1 aliphatic heterocycles. The molecule has 1 heterocycles. The Morgan fingerprint density at radius 3 is 2.47 bits per heavy atom. The van der Waals surface area contributed by atoms with Crippen LogP contribution in [-0.4, -0.2) is 43.2 Å². The van der Waals surface area contributed by atoms with E-state index in [2.05, 4.69) is 0 Å². The van der Waals surface area contributed by atoms with E-state index < -0.39 is 5.54 Å². The van der Waals surface area contributed by atoms with Crippen LogP contribution in [0.2, 0.25) is 0 Å². The van der Waals surface area contributed by atoms with Crippen LogP contribution in [0, 0.1) is 5.92 Å². The normalized spacial score (nSPS) is 25.2. The fraction of sp³-hybridized carbons (Fsp3) is 0.923. The van der Waals surface area contributed by atoms with Gasteiger partial charge in [-0.2, -0.15) is 0 Å². The van der Waals surface area contributed by atoms with Crippen molar-refractivity contribution < 1.29 is 9.53 Å². The zero-order valence-electron chi connectivity index (χ0n) is 10.8. The third-order valence-electron chi connectivity index (χ3n) is 4.23. The minimum atomic E-state index is -0.548. The first-order valence-electron chi connectivity index (χ1n) is 6.73. The van der Waals surface area contributed by atoms with Gasteiger partial charge in [0.2, 0.25) is 5.91 Å². The lowest BCUT2D eigenvalue weighted by Gasteiger charge is -2.36. The molecule has 1 saturated carbocycles. The minimum absolute atomic E-state index is 0.186. The maximum atomic E-state index is 12.4. The largest absolute Gasteiger partial charge is 0.384 e. The fourth-order valence-corrected chi connectivity index (χ4v) is 3.07. The van der Waals surface area contributed by atoms with Gasteiger partial charge in [0.05, 0.1) is 5.54 Å². The summed E-state index contributed by atoms with van der Waals surface area (Å²) in [5.41, 5.74) is 5.66. The Hall–Kier alpha value is -0.610. The smallest absolute Gasteiger partial charge is 0.242 e. The van der Waals surface area contributed by atoms with Crippen molar-refractivity contribution in [2.75, 3.05) is 26.8 Å². The molecule has 1 aliphatic carbocycles. The summed E-state index contributed by atoms with van der Waals surface area (Å²) in [6.07, 6.45) is 6.03. The van der Waals surface area contributed by atoms with Gasteiger partial charge in [-0.3, -0.25) is 4.79 Å². The standard InChI is InChI=1S/C13H24N2O2/c1-17-10-11-4-8-15(9-5-11)12(16)13(14)6-2-3-7-13/h11H,2-10,14H2,1H3. The summed E-state index contributed by atoms with van der Waals surface area (Å²) in [4.78, 5) is 14.3. The maximum Gasteiger partial charge on any atom is 0.242 e. The first-order valence-corrected chi connectivity index (χ1v) is 6.73. The predicted molar refractivity (Wildman–Crippen MR) is 66.6 cm³/mol. The monoisotopic (exact) mass is 240 g/mol. The van der Waals surface area contributed by atoms with Crippen LogP contribution in [0.15, 0.2) is 0 Å². The van der Waals surface area contributed by atoms with E-state index in [1.807, 2.05) is 4.90 Å². The van der Waals surface area contributed by atoms with Gasteiger partial charge in [0.15, 0.2) is 0 Å². The molecular formula is C13H24N2O2. The van der Waals surface area contributed by atoms with E-state index in [1.165, 1.54) is 0 Å². The molecule has 1 amide bonds. The molecule has 0 bridgehead atoms. The molecule has 2 rings (SSSR count). The second-order valence-corrected chi connectivity index (χ2v) is 5.55. The molecule has 4 heteroatoms. The van der Waals surface area contributed by atoms with Gasteiger partial charge in [0.1, 0.15) is 0 Å². The molecule has 0 aromatic heterocycles. The highest BCUT2D eigenvalue weighted by Crippen LogP contribution is 2.30. The number of nitrogens with two attached hydrogens (primary N) is 1. The van der Waals surface area contributed by atoms with Crippen molar-refractivity contribution in [3.63, 3.8) is 0 Å². The van der Waals surface area contributed by atoms with Gasteiger partial charge in [0, 0.05) is 26.8 Å². The first kappa shape index (κ1) is 12.8. The lowest BCUT2D eigenvalue weighted by Crippen LogP contribution is -2.55. The zero-order chi connectivity index (χ0) is 12.3. The van der Waals surface area contributed by atoms with Gasteiger partial charge in [0.25, 0.3) is 0 Å². The van der Waals surface area contributed by atoms with Crippen molar-refractivity contribution in [2.24, 2.45) is 11.7 Å². The Balaban J connectivity index is 1.86. The number of rotatable bonds is 3. The fourth-order valence-electron chi connectivity index (χ4n) is 3.07. The number of piperidine rings is 1. The Bertz CT molecular complexity index is 267. The molecule has 98 valence electrons. The molecule has 1 saturated heterocycles. The third-order valence-corrected chi connectivity index (χ3v) is 4.23. The van der Waals surface area contributed by atoms with E-state index in [0.717, 1.165) is 58.2 Å². The Labute approximate surface area is 103 Å². The lowest BCUT2D eigenvalue weighted by atomic mass is 9.93. The lowest BCUT2D eigenvalue weighted by molar-refractivity contribution is -0.138. The van der Waals surface area contributed by atoms with Gasteiger partial charge >= 0.3 is 0 Å². The van der Waals surface area contributed by atoms with Crippen LogP contribution in [0.25, 0.3) is 0 Å². The average Bonchev–Trinajstić information content (AvgIpc) is 2.78. The van der Waals surface area contributed by atoms with E-state index in [9.17, 15) is 4.79 Å². The van der Waals surface area contributed by atoms with E-state index in [1.54, 1.807) is 7.11 Å². The molecule has 0 atom stereocenters. The molecule has 4 nitrogen and oxygen atoms in total. The highest BCUT2D eigenvalue weighted by molar-refractivity contribution is 5.86. The number of amides is 1. The van der Waals surface area contributed by atoms with Crippen LogP contribution < -0.4 is 5.73 Å². The minimum Gasteiger partial charge on any atom is -0.384 e. The van der Waals surface area contributed by atoms with Gasteiger partial charge in [-0.15, -0.1) is 0 Å². The Morgan fingerprint density at radius 1 is 1.35 bits per heavy atom. The summed E-state index contributed by atoms with van der Waals surface area (Å²) in [6.45, 7) is 2.52. The molecule has 2 fully saturated rings. The topological polar surface area (TPSA) is 55.6 Å². The molecule has 2 aliphatic rings. The Morgan fingerprint density at radius 2 is 1.94 bits per heavy atom.